The van der Waals surface area contributed by atoms with E-state index in [-0.39, 0.29) is 18.5 Å². The van der Waals surface area contributed by atoms with Crippen LogP contribution >= 0.6 is 0 Å². The van der Waals surface area contributed by atoms with E-state index in [9.17, 15) is 22.4 Å². The van der Waals surface area contributed by atoms with Crippen LogP contribution in [0.2, 0.25) is 0 Å². The number of amides is 1. The van der Waals surface area contributed by atoms with Crippen molar-refractivity contribution in [3.8, 4) is 0 Å². The Morgan fingerprint density at radius 3 is 2.50 bits per heavy atom. The highest BCUT2D eigenvalue weighted by Gasteiger charge is 2.36. The second-order valence-corrected chi connectivity index (χ2v) is 5.53. The Morgan fingerprint density at radius 2 is 1.95 bits per heavy atom. The van der Waals surface area contributed by atoms with Crippen molar-refractivity contribution in [2.75, 3.05) is 6.54 Å². The zero-order chi connectivity index (χ0) is 16.3. The third-order valence-corrected chi connectivity index (χ3v) is 4.09. The number of rotatable bonds is 4. The summed E-state index contributed by atoms with van der Waals surface area (Å²) < 4.78 is 52.0. The molecule has 1 amide bonds. The first kappa shape index (κ1) is 16.7. The quantitative estimate of drug-likeness (QED) is 0.838. The van der Waals surface area contributed by atoms with E-state index in [0.29, 0.717) is 6.07 Å². The number of alkyl halides is 3. The molecule has 0 bridgehead atoms. The van der Waals surface area contributed by atoms with Crippen LogP contribution in [0.15, 0.2) is 18.2 Å². The van der Waals surface area contributed by atoms with Gasteiger partial charge in [0.2, 0.25) is 0 Å². The Morgan fingerprint density at radius 1 is 1.32 bits per heavy atom. The topological polar surface area (TPSA) is 55.1 Å². The monoisotopic (exact) mass is 318 g/mol. The molecule has 0 spiro atoms. The zero-order valence-electron chi connectivity index (χ0n) is 11.9. The fourth-order valence-corrected chi connectivity index (χ4v) is 2.90. The van der Waals surface area contributed by atoms with Crippen molar-refractivity contribution in [2.24, 2.45) is 11.7 Å². The predicted molar refractivity (Wildman–Crippen MR) is 73.7 cm³/mol. The minimum Gasteiger partial charge on any atom is -0.348 e. The summed E-state index contributed by atoms with van der Waals surface area (Å²) in [6.07, 6.45) is -0.941. The molecule has 122 valence electrons. The number of nitrogens with two attached hydrogens (primary N) is 1. The molecule has 22 heavy (non-hydrogen) atoms. The predicted octanol–water partition coefficient (Wildman–Crippen LogP) is 3.09. The number of carbonyl (C=O) groups is 1. The van der Waals surface area contributed by atoms with Crippen molar-refractivity contribution in [1.29, 1.82) is 0 Å². The fraction of sp³-hybridized carbons (Fsp3) is 0.533. The van der Waals surface area contributed by atoms with Gasteiger partial charge in [-0.3, -0.25) is 4.79 Å². The minimum absolute atomic E-state index is 0.178. The first-order valence-corrected chi connectivity index (χ1v) is 7.21. The summed E-state index contributed by atoms with van der Waals surface area (Å²) in [5, 5.41) is 2.57. The van der Waals surface area contributed by atoms with Crippen molar-refractivity contribution >= 4 is 5.91 Å². The van der Waals surface area contributed by atoms with Gasteiger partial charge >= 0.3 is 6.18 Å². The first-order valence-electron chi connectivity index (χ1n) is 7.21. The summed E-state index contributed by atoms with van der Waals surface area (Å²) in [7, 11) is 0. The minimum atomic E-state index is -4.83. The van der Waals surface area contributed by atoms with Crippen LogP contribution in [0.25, 0.3) is 0 Å². The summed E-state index contributed by atoms with van der Waals surface area (Å²) >= 11 is 0. The summed E-state index contributed by atoms with van der Waals surface area (Å²) in [4.78, 5) is 12.1. The molecule has 0 aromatic heterocycles. The lowest BCUT2D eigenvalue weighted by Crippen LogP contribution is -2.44. The maximum Gasteiger partial charge on any atom is 0.419 e. The average Bonchev–Trinajstić information content (AvgIpc) is 2.97. The molecule has 7 heteroatoms. The van der Waals surface area contributed by atoms with Gasteiger partial charge in [-0.2, -0.15) is 13.2 Å². The Balaban J connectivity index is 2.18. The largest absolute Gasteiger partial charge is 0.419 e. The van der Waals surface area contributed by atoms with E-state index in [0.717, 1.165) is 37.8 Å². The lowest BCUT2D eigenvalue weighted by molar-refractivity contribution is -0.140. The maximum absolute atomic E-state index is 13.9. The number of nitrogens with one attached hydrogen (secondary N) is 1. The second kappa shape index (κ2) is 6.64. The van der Waals surface area contributed by atoms with Gasteiger partial charge in [-0.1, -0.05) is 18.9 Å². The summed E-state index contributed by atoms with van der Waals surface area (Å²) in [5.74, 6) is -2.21. The smallest absolute Gasteiger partial charge is 0.348 e. The van der Waals surface area contributed by atoms with Crippen LogP contribution < -0.4 is 11.1 Å². The molecule has 1 aliphatic carbocycles. The molecule has 2 rings (SSSR count). The molecule has 1 aromatic carbocycles. The van der Waals surface area contributed by atoms with Gasteiger partial charge in [-0.25, -0.2) is 4.39 Å². The maximum atomic E-state index is 13.9. The van der Waals surface area contributed by atoms with Crippen LogP contribution in [0.1, 0.15) is 41.6 Å². The van der Waals surface area contributed by atoms with Gasteiger partial charge < -0.3 is 11.1 Å². The molecule has 1 fully saturated rings. The van der Waals surface area contributed by atoms with E-state index in [2.05, 4.69) is 5.32 Å². The number of carbonyl (C=O) groups excluding carboxylic acids is 1. The molecule has 1 atom stereocenters. The fourth-order valence-electron chi connectivity index (χ4n) is 2.90. The van der Waals surface area contributed by atoms with E-state index < -0.39 is 29.0 Å². The molecular formula is C15H18F4N2O. The molecule has 0 radical (unpaired) electrons. The molecule has 1 aromatic rings. The zero-order valence-corrected chi connectivity index (χ0v) is 11.9. The Kier molecular flexibility index (Phi) is 5.05. The lowest BCUT2D eigenvalue weighted by Gasteiger charge is -2.23. The van der Waals surface area contributed by atoms with Crippen LogP contribution in [0, 0.1) is 11.7 Å². The number of hydrogen-bond donors (Lipinski definition) is 2. The van der Waals surface area contributed by atoms with Gasteiger partial charge in [-0.15, -0.1) is 0 Å². The molecular weight excluding hydrogens is 300 g/mol. The molecule has 3 nitrogen and oxygen atoms in total. The van der Waals surface area contributed by atoms with Gasteiger partial charge in [0.1, 0.15) is 5.82 Å². The highest BCUT2D eigenvalue weighted by atomic mass is 19.4. The van der Waals surface area contributed by atoms with Crippen molar-refractivity contribution in [3.05, 3.63) is 35.1 Å². The average molecular weight is 318 g/mol. The summed E-state index contributed by atoms with van der Waals surface area (Å²) in [6, 6.07) is 2.34. The second-order valence-electron chi connectivity index (χ2n) is 5.53. The molecule has 1 unspecified atom stereocenters. The summed E-state index contributed by atoms with van der Waals surface area (Å²) in [5.41, 5.74) is 3.58. The third-order valence-electron chi connectivity index (χ3n) is 4.09. The molecule has 0 saturated heterocycles. The Hall–Kier alpha value is -1.63. The van der Waals surface area contributed by atoms with Crippen LogP contribution in [0.5, 0.6) is 0 Å². The van der Waals surface area contributed by atoms with Crippen LogP contribution in [-0.2, 0) is 6.18 Å². The van der Waals surface area contributed by atoms with Gasteiger partial charge in [-0.05, 0) is 30.9 Å². The standard InChI is InChI=1S/C15H18F4N2O/c16-13-10(6-3-7-11(13)15(17,18)19)14(22)21-12(8-20)9-4-1-2-5-9/h3,6-7,9,12H,1-2,4-5,8,20H2,(H,21,22). The highest BCUT2D eigenvalue weighted by molar-refractivity contribution is 5.95. The van der Waals surface area contributed by atoms with Crippen molar-refractivity contribution < 1.29 is 22.4 Å². The van der Waals surface area contributed by atoms with Gasteiger partial charge in [0.05, 0.1) is 11.1 Å². The van der Waals surface area contributed by atoms with Crippen LogP contribution in [0.4, 0.5) is 17.6 Å². The van der Waals surface area contributed by atoms with E-state index in [1.54, 1.807) is 0 Å². The van der Waals surface area contributed by atoms with Crippen molar-refractivity contribution in [2.45, 2.75) is 37.9 Å². The first-order chi connectivity index (χ1) is 10.3. The van der Waals surface area contributed by atoms with E-state index in [4.69, 9.17) is 5.73 Å². The normalized spacial score (nSPS) is 17.5. The molecule has 1 aliphatic rings. The highest BCUT2D eigenvalue weighted by Crippen LogP contribution is 2.32. The van der Waals surface area contributed by atoms with E-state index >= 15 is 0 Å². The Labute approximate surface area is 125 Å². The molecule has 0 heterocycles. The van der Waals surface area contributed by atoms with Crippen molar-refractivity contribution in [1.82, 2.24) is 5.32 Å². The lowest BCUT2D eigenvalue weighted by atomic mass is 9.97. The van der Waals surface area contributed by atoms with E-state index in [1.807, 2.05) is 0 Å². The van der Waals surface area contributed by atoms with Gasteiger partial charge in [0.15, 0.2) is 0 Å². The number of hydrogen-bond acceptors (Lipinski definition) is 2. The van der Waals surface area contributed by atoms with Gasteiger partial charge in [0.25, 0.3) is 5.91 Å². The molecule has 3 N–H and O–H groups in total. The van der Waals surface area contributed by atoms with E-state index in [1.165, 1.54) is 0 Å². The SMILES string of the molecule is NCC(NC(=O)c1cccc(C(F)(F)F)c1F)C1CCCC1. The number of halogens is 4. The van der Waals surface area contributed by atoms with Gasteiger partial charge in [0, 0.05) is 12.6 Å². The van der Waals surface area contributed by atoms with Crippen molar-refractivity contribution in [3.63, 3.8) is 0 Å². The molecule has 0 aliphatic heterocycles. The Bertz CT molecular complexity index is 539. The third kappa shape index (κ3) is 3.58. The van der Waals surface area contributed by atoms with Crippen LogP contribution in [-0.4, -0.2) is 18.5 Å². The summed E-state index contributed by atoms with van der Waals surface area (Å²) in [6.45, 7) is 0.178. The number of benzene rings is 1. The van der Waals surface area contributed by atoms with Crippen LogP contribution in [0.3, 0.4) is 0 Å². The molecule has 1 saturated carbocycles.